The van der Waals surface area contributed by atoms with E-state index in [1.54, 1.807) is 17.0 Å². The minimum Gasteiger partial charge on any atom is -0.332 e. The zero-order valence-electron chi connectivity index (χ0n) is 12.6. The number of likely N-dealkylation sites (tertiary alicyclic amines) is 1. The molecule has 0 spiro atoms. The first-order chi connectivity index (χ1) is 11.5. The van der Waals surface area contributed by atoms with E-state index >= 15 is 0 Å². The van der Waals surface area contributed by atoms with E-state index in [2.05, 4.69) is 0 Å². The highest BCUT2D eigenvalue weighted by atomic mass is 35.5. The fourth-order valence-electron chi connectivity index (χ4n) is 2.98. The molecular formula is C18H13ClF2N2O. The van der Waals surface area contributed by atoms with E-state index in [9.17, 15) is 13.6 Å². The summed E-state index contributed by atoms with van der Waals surface area (Å²) in [5.41, 5.74) is 1.11. The quantitative estimate of drug-likeness (QED) is 0.836. The highest BCUT2D eigenvalue weighted by Gasteiger charge is 2.31. The fourth-order valence-corrected chi connectivity index (χ4v) is 3.16. The van der Waals surface area contributed by atoms with Gasteiger partial charge in [0.15, 0.2) is 0 Å². The lowest BCUT2D eigenvalue weighted by Crippen LogP contribution is -2.30. The van der Waals surface area contributed by atoms with Crippen molar-refractivity contribution < 1.29 is 13.6 Å². The van der Waals surface area contributed by atoms with Crippen LogP contribution in [0.25, 0.3) is 0 Å². The molecule has 1 heterocycles. The Labute approximate surface area is 143 Å². The van der Waals surface area contributed by atoms with E-state index in [0.717, 1.165) is 6.42 Å². The van der Waals surface area contributed by atoms with Gasteiger partial charge in [-0.1, -0.05) is 23.7 Å². The van der Waals surface area contributed by atoms with Gasteiger partial charge in [-0.25, -0.2) is 8.78 Å². The molecule has 0 aromatic heterocycles. The Morgan fingerprint density at radius 3 is 2.38 bits per heavy atom. The monoisotopic (exact) mass is 346 g/mol. The number of amides is 1. The first-order valence-electron chi connectivity index (χ1n) is 7.45. The Morgan fingerprint density at radius 2 is 1.79 bits per heavy atom. The van der Waals surface area contributed by atoms with Gasteiger partial charge in [0.25, 0.3) is 0 Å². The van der Waals surface area contributed by atoms with Gasteiger partial charge in [-0.2, -0.15) is 5.26 Å². The van der Waals surface area contributed by atoms with Crippen molar-refractivity contribution in [3.05, 3.63) is 69.7 Å². The van der Waals surface area contributed by atoms with Gasteiger partial charge in [-0.05, 0) is 41.8 Å². The molecule has 0 bridgehead atoms. The van der Waals surface area contributed by atoms with E-state index in [0.29, 0.717) is 24.1 Å². The van der Waals surface area contributed by atoms with Crippen molar-refractivity contribution in [3.8, 4) is 6.07 Å². The molecule has 122 valence electrons. The van der Waals surface area contributed by atoms with Gasteiger partial charge < -0.3 is 4.90 Å². The molecule has 2 aromatic carbocycles. The molecule has 2 aromatic rings. The Morgan fingerprint density at radius 1 is 1.12 bits per heavy atom. The molecule has 1 aliphatic rings. The van der Waals surface area contributed by atoms with Crippen molar-refractivity contribution in [2.75, 3.05) is 6.54 Å². The van der Waals surface area contributed by atoms with Gasteiger partial charge in [-0.15, -0.1) is 0 Å². The molecule has 3 nitrogen and oxygen atoms in total. The van der Waals surface area contributed by atoms with Gasteiger partial charge in [-0.3, -0.25) is 4.79 Å². The molecule has 1 aliphatic heterocycles. The molecule has 3 rings (SSSR count). The lowest BCUT2D eigenvalue weighted by atomic mass is 9.95. The van der Waals surface area contributed by atoms with Crippen LogP contribution in [0.3, 0.4) is 0 Å². The molecule has 1 fully saturated rings. The second-order valence-corrected chi connectivity index (χ2v) is 6.03. The minimum atomic E-state index is -0.620. The van der Waals surface area contributed by atoms with Crippen LogP contribution < -0.4 is 0 Å². The summed E-state index contributed by atoms with van der Waals surface area (Å²) < 4.78 is 27.1. The van der Waals surface area contributed by atoms with Gasteiger partial charge >= 0.3 is 0 Å². The van der Waals surface area contributed by atoms with Crippen molar-refractivity contribution in [2.24, 2.45) is 0 Å². The summed E-state index contributed by atoms with van der Waals surface area (Å²) in [6.07, 6.45) is 1.15. The number of nitrogens with zero attached hydrogens (tertiary/aromatic N) is 2. The first-order valence-corrected chi connectivity index (χ1v) is 7.83. The molecule has 0 radical (unpaired) electrons. The number of hydrogen-bond acceptors (Lipinski definition) is 2. The lowest BCUT2D eigenvalue weighted by molar-refractivity contribution is -0.129. The number of nitriles is 1. The maximum Gasteiger partial charge on any atom is 0.223 e. The molecule has 0 saturated carbocycles. The van der Waals surface area contributed by atoms with E-state index in [1.165, 1.54) is 30.3 Å². The second kappa shape index (κ2) is 6.58. The number of hydrogen-bond donors (Lipinski definition) is 0. The third-order valence-corrected chi connectivity index (χ3v) is 4.40. The van der Waals surface area contributed by atoms with Crippen LogP contribution in [0.2, 0.25) is 5.02 Å². The Kier molecular flexibility index (Phi) is 4.50. The summed E-state index contributed by atoms with van der Waals surface area (Å²) in [5, 5.41) is 9.00. The van der Waals surface area contributed by atoms with Gasteiger partial charge in [0.1, 0.15) is 17.7 Å². The van der Waals surface area contributed by atoms with E-state index < -0.39 is 17.7 Å². The molecule has 0 N–H and O–H groups in total. The predicted molar refractivity (Wildman–Crippen MR) is 85.3 cm³/mol. The SMILES string of the molecule is N#Cc1cc(C(c2ccc(F)c(Cl)c2)N2CCCC2=O)ccc1F. The van der Waals surface area contributed by atoms with Crippen LogP contribution in [0.1, 0.15) is 35.6 Å². The normalized spacial score (nSPS) is 15.4. The van der Waals surface area contributed by atoms with Gasteiger partial charge in [0, 0.05) is 13.0 Å². The van der Waals surface area contributed by atoms with Crippen LogP contribution in [0.4, 0.5) is 8.78 Å². The Bertz CT molecular complexity index is 847. The summed E-state index contributed by atoms with van der Waals surface area (Å²) in [4.78, 5) is 13.9. The molecule has 6 heteroatoms. The minimum absolute atomic E-state index is 0.0386. The summed E-state index contributed by atoms with van der Waals surface area (Å²) in [6, 6.07) is 9.66. The third-order valence-electron chi connectivity index (χ3n) is 4.11. The number of carbonyl (C=O) groups is 1. The standard InChI is InChI=1S/C18H13ClF2N2O/c19-14-9-12(4-6-16(14)21)18(23-7-1-2-17(23)24)11-3-5-15(20)13(8-11)10-22/h3-6,8-9,18H,1-2,7H2. The Hall–Kier alpha value is -2.45. The lowest BCUT2D eigenvalue weighted by Gasteiger charge is -2.29. The predicted octanol–water partition coefficient (Wildman–Crippen LogP) is 4.20. The average Bonchev–Trinajstić information content (AvgIpc) is 2.98. The second-order valence-electron chi connectivity index (χ2n) is 5.62. The highest BCUT2D eigenvalue weighted by Crippen LogP contribution is 2.34. The number of halogens is 3. The number of rotatable bonds is 3. The van der Waals surface area contributed by atoms with Crippen LogP contribution in [0, 0.1) is 23.0 Å². The smallest absolute Gasteiger partial charge is 0.223 e. The van der Waals surface area contributed by atoms with Crippen LogP contribution >= 0.6 is 11.6 Å². The molecule has 1 atom stereocenters. The highest BCUT2D eigenvalue weighted by molar-refractivity contribution is 6.30. The summed E-state index contributed by atoms with van der Waals surface area (Å²) >= 11 is 5.88. The largest absolute Gasteiger partial charge is 0.332 e. The van der Waals surface area contributed by atoms with Crippen LogP contribution in [0.5, 0.6) is 0 Å². The molecule has 1 unspecified atom stereocenters. The fraction of sp³-hybridized carbons (Fsp3) is 0.222. The molecule has 1 amide bonds. The van der Waals surface area contributed by atoms with Crippen LogP contribution in [-0.4, -0.2) is 17.4 Å². The van der Waals surface area contributed by atoms with E-state index in [1.807, 2.05) is 0 Å². The summed E-state index contributed by atoms with van der Waals surface area (Å²) in [6.45, 7) is 0.539. The van der Waals surface area contributed by atoms with Gasteiger partial charge in [0.2, 0.25) is 5.91 Å². The van der Waals surface area contributed by atoms with Crippen molar-refractivity contribution in [1.82, 2.24) is 4.90 Å². The maximum absolute atomic E-state index is 13.6. The molecule has 24 heavy (non-hydrogen) atoms. The molecule has 0 aliphatic carbocycles. The summed E-state index contributed by atoms with van der Waals surface area (Å²) in [7, 11) is 0. The maximum atomic E-state index is 13.6. The van der Waals surface area contributed by atoms with Crippen molar-refractivity contribution in [1.29, 1.82) is 5.26 Å². The number of benzene rings is 2. The first kappa shape index (κ1) is 16.4. The van der Waals surface area contributed by atoms with Gasteiger partial charge in [0.05, 0.1) is 16.6 Å². The topological polar surface area (TPSA) is 44.1 Å². The average molecular weight is 347 g/mol. The zero-order valence-corrected chi connectivity index (χ0v) is 13.4. The van der Waals surface area contributed by atoms with Crippen molar-refractivity contribution >= 4 is 17.5 Å². The molecular weight excluding hydrogens is 334 g/mol. The third kappa shape index (κ3) is 2.98. The van der Waals surface area contributed by atoms with E-state index in [4.69, 9.17) is 16.9 Å². The van der Waals surface area contributed by atoms with E-state index in [-0.39, 0.29) is 16.5 Å². The van der Waals surface area contributed by atoms with Crippen molar-refractivity contribution in [3.63, 3.8) is 0 Å². The van der Waals surface area contributed by atoms with Crippen molar-refractivity contribution in [2.45, 2.75) is 18.9 Å². The summed E-state index contributed by atoms with van der Waals surface area (Å²) in [5.74, 6) is -1.21. The Balaban J connectivity index is 2.13. The zero-order chi connectivity index (χ0) is 17.3. The molecule has 1 saturated heterocycles. The van der Waals surface area contributed by atoms with Crippen LogP contribution in [-0.2, 0) is 4.79 Å². The number of carbonyl (C=O) groups excluding carboxylic acids is 1. The van der Waals surface area contributed by atoms with Crippen LogP contribution in [0.15, 0.2) is 36.4 Å².